The van der Waals surface area contributed by atoms with E-state index in [1.807, 2.05) is 0 Å². The maximum atomic E-state index is 3.88. The quantitative estimate of drug-likeness (QED) is 0.540. The van der Waals surface area contributed by atoms with Crippen LogP contribution >= 0.6 is 59.1 Å². The Morgan fingerprint density at radius 3 is 2.40 bits per heavy atom. The lowest BCUT2D eigenvalue weighted by atomic mass is 9.96. The van der Waals surface area contributed by atoms with Crippen molar-refractivity contribution in [1.82, 2.24) is 0 Å². The van der Waals surface area contributed by atoms with E-state index < -0.39 is 0 Å². The van der Waals surface area contributed by atoms with E-state index in [1.165, 1.54) is 32.4 Å². The van der Waals surface area contributed by atoms with Crippen molar-refractivity contribution in [2.24, 2.45) is 17.8 Å². The minimum absolute atomic E-state index is 0.544. The first-order chi connectivity index (χ1) is 7.15. The third-order valence-corrected chi connectivity index (χ3v) is 7.30. The molecule has 0 nitrogen and oxygen atoms in total. The van der Waals surface area contributed by atoms with Crippen LogP contribution in [0.4, 0.5) is 0 Å². The van der Waals surface area contributed by atoms with Gasteiger partial charge in [0.1, 0.15) is 0 Å². The molecule has 0 saturated heterocycles. The molecule has 3 unspecified atom stereocenters. The molecule has 1 aromatic rings. The first-order valence-electron chi connectivity index (χ1n) is 5.24. The highest BCUT2D eigenvalue weighted by Gasteiger charge is 2.47. The molecule has 1 heterocycles. The van der Waals surface area contributed by atoms with Crippen LogP contribution in [0.2, 0.25) is 0 Å². The van der Waals surface area contributed by atoms with Crippen molar-refractivity contribution in [2.45, 2.75) is 24.1 Å². The fraction of sp³-hybridized carbons (Fsp3) is 0.636. The van der Waals surface area contributed by atoms with Crippen LogP contribution in [0.5, 0.6) is 0 Å². The molecular weight excluding hydrogens is 404 g/mol. The molecule has 2 aliphatic carbocycles. The predicted molar refractivity (Wildman–Crippen MR) is 75.7 cm³/mol. The van der Waals surface area contributed by atoms with Crippen molar-refractivity contribution >= 4 is 59.1 Å². The van der Waals surface area contributed by atoms with Gasteiger partial charge in [-0.15, -0.1) is 11.3 Å². The van der Waals surface area contributed by atoms with Crippen LogP contribution in [0, 0.1) is 17.8 Å². The summed E-state index contributed by atoms with van der Waals surface area (Å²) in [6.45, 7) is 0. The summed E-state index contributed by atoms with van der Waals surface area (Å²) in [6, 6.07) is 2.25. The Hall–Kier alpha value is 1.14. The van der Waals surface area contributed by atoms with E-state index >= 15 is 0 Å². The molecule has 0 aromatic carbocycles. The van der Waals surface area contributed by atoms with Crippen molar-refractivity contribution in [3.63, 3.8) is 0 Å². The zero-order chi connectivity index (χ0) is 10.6. The molecule has 0 spiro atoms. The minimum Gasteiger partial charge on any atom is -0.121 e. The lowest BCUT2D eigenvalue weighted by Crippen LogP contribution is -2.05. The van der Waals surface area contributed by atoms with E-state index in [0.29, 0.717) is 4.83 Å². The van der Waals surface area contributed by atoms with Crippen molar-refractivity contribution in [3.05, 3.63) is 19.2 Å². The largest absolute Gasteiger partial charge is 0.121 e. The molecule has 2 fully saturated rings. The van der Waals surface area contributed by atoms with Gasteiger partial charge in [-0.05, 0) is 80.5 Å². The number of rotatable bonds is 2. The highest BCUT2D eigenvalue weighted by atomic mass is 79.9. The number of hydrogen-bond donors (Lipinski definition) is 0. The molecule has 0 bridgehead atoms. The van der Waals surface area contributed by atoms with Crippen LogP contribution < -0.4 is 0 Å². The van der Waals surface area contributed by atoms with Crippen LogP contribution in [-0.2, 0) is 0 Å². The Morgan fingerprint density at radius 2 is 1.87 bits per heavy atom. The molecular formula is C11H11Br3S. The van der Waals surface area contributed by atoms with Gasteiger partial charge < -0.3 is 0 Å². The highest BCUT2D eigenvalue weighted by Crippen LogP contribution is 2.59. The van der Waals surface area contributed by atoms with Gasteiger partial charge in [0.05, 0.1) is 7.57 Å². The Kier molecular flexibility index (Phi) is 3.08. The van der Waals surface area contributed by atoms with Gasteiger partial charge >= 0.3 is 0 Å². The molecule has 4 heteroatoms. The van der Waals surface area contributed by atoms with E-state index in [-0.39, 0.29) is 0 Å². The standard InChI is InChI=1S/C11H11Br3S/c12-9-4-8(11(14)15-9)10(13)7-2-5-1-6(5)3-7/h4-7,10H,1-3H2. The van der Waals surface area contributed by atoms with Crippen LogP contribution in [-0.4, -0.2) is 0 Å². The molecule has 0 radical (unpaired) electrons. The molecule has 0 aliphatic heterocycles. The van der Waals surface area contributed by atoms with Gasteiger partial charge in [-0.1, -0.05) is 15.9 Å². The Labute approximate surface area is 119 Å². The summed E-state index contributed by atoms with van der Waals surface area (Å²) < 4.78 is 2.49. The SMILES string of the molecule is Brc1cc(C(Br)C2CC3CC3C2)c(Br)s1. The average Bonchev–Trinajstić information content (AvgIpc) is 2.65. The summed E-state index contributed by atoms with van der Waals surface area (Å²) in [4.78, 5) is 0.544. The van der Waals surface area contributed by atoms with E-state index in [4.69, 9.17) is 0 Å². The van der Waals surface area contributed by atoms with Crippen LogP contribution in [0.25, 0.3) is 0 Å². The summed E-state index contributed by atoms with van der Waals surface area (Å²) in [6.07, 6.45) is 4.37. The molecule has 82 valence electrons. The van der Waals surface area contributed by atoms with E-state index in [0.717, 1.165) is 17.8 Å². The van der Waals surface area contributed by atoms with Crippen LogP contribution in [0.3, 0.4) is 0 Å². The van der Waals surface area contributed by atoms with Gasteiger partial charge in [-0.25, -0.2) is 0 Å². The third kappa shape index (κ3) is 2.12. The van der Waals surface area contributed by atoms with Gasteiger partial charge in [0.25, 0.3) is 0 Å². The lowest BCUT2D eigenvalue weighted by Gasteiger charge is -2.18. The fourth-order valence-corrected chi connectivity index (χ4v) is 6.98. The molecule has 0 N–H and O–H groups in total. The third-order valence-electron chi connectivity index (χ3n) is 3.67. The normalized spacial score (nSPS) is 35.3. The number of hydrogen-bond acceptors (Lipinski definition) is 1. The van der Waals surface area contributed by atoms with Gasteiger partial charge in [-0.3, -0.25) is 0 Å². The minimum atomic E-state index is 0.544. The topological polar surface area (TPSA) is 0 Å². The second-order valence-electron chi connectivity index (χ2n) is 4.67. The van der Waals surface area contributed by atoms with Crippen LogP contribution in [0.15, 0.2) is 13.6 Å². The number of thiophene rings is 1. The molecule has 0 amide bonds. The predicted octanol–water partition coefficient (Wildman–Crippen LogP) is 5.76. The van der Waals surface area contributed by atoms with Crippen molar-refractivity contribution in [3.8, 4) is 0 Å². The average molecular weight is 415 g/mol. The zero-order valence-corrected chi connectivity index (χ0v) is 13.6. The van der Waals surface area contributed by atoms with Crippen molar-refractivity contribution in [2.75, 3.05) is 0 Å². The fourth-order valence-electron chi connectivity index (χ4n) is 2.80. The lowest BCUT2D eigenvalue weighted by molar-refractivity contribution is 0.482. The maximum Gasteiger partial charge on any atom is 0.0753 e. The Bertz CT molecular complexity index is 377. The molecule has 3 rings (SSSR count). The van der Waals surface area contributed by atoms with Crippen molar-refractivity contribution < 1.29 is 0 Å². The summed E-state index contributed by atoms with van der Waals surface area (Å²) in [5.41, 5.74) is 1.43. The van der Waals surface area contributed by atoms with E-state index in [1.54, 1.807) is 11.3 Å². The number of alkyl halides is 1. The Balaban J connectivity index is 1.78. The zero-order valence-electron chi connectivity index (χ0n) is 8.05. The molecule has 2 aliphatic rings. The second-order valence-corrected chi connectivity index (χ2v) is 9.40. The second kappa shape index (κ2) is 4.11. The van der Waals surface area contributed by atoms with Gasteiger partial charge in [0.15, 0.2) is 0 Å². The summed E-state index contributed by atoms with van der Waals surface area (Å²) in [5.74, 6) is 2.98. The highest BCUT2D eigenvalue weighted by molar-refractivity contribution is 9.12. The summed E-state index contributed by atoms with van der Waals surface area (Å²) in [7, 11) is 0. The molecule has 3 atom stereocenters. The van der Waals surface area contributed by atoms with E-state index in [2.05, 4.69) is 53.9 Å². The Morgan fingerprint density at radius 1 is 1.20 bits per heavy atom. The first kappa shape index (κ1) is 11.2. The maximum absolute atomic E-state index is 3.88. The van der Waals surface area contributed by atoms with Gasteiger partial charge in [0.2, 0.25) is 0 Å². The molecule has 2 saturated carbocycles. The summed E-state index contributed by atoms with van der Waals surface area (Å²) >= 11 is 12.9. The summed E-state index contributed by atoms with van der Waals surface area (Å²) in [5, 5.41) is 0. The van der Waals surface area contributed by atoms with Crippen molar-refractivity contribution in [1.29, 1.82) is 0 Å². The first-order valence-corrected chi connectivity index (χ1v) is 8.55. The van der Waals surface area contributed by atoms with E-state index in [9.17, 15) is 0 Å². The van der Waals surface area contributed by atoms with Gasteiger partial charge in [-0.2, -0.15) is 0 Å². The van der Waals surface area contributed by atoms with Gasteiger partial charge in [0, 0.05) is 4.83 Å². The van der Waals surface area contributed by atoms with Crippen LogP contribution in [0.1, 0.15) is 29.7 Å². The number of halogens is 3. The molecule has 15 heavy (non-hydrogen) atoms. The molecule has 1 aromatic heterocycles. The smallest absolute Gasteiger partial charge is 0.0753 e. The number of fused-ring (bicyclic) bond motifs is 1. The monoisotopic (exact) mass is 412 g/mol.